The van der Waals surface area contributed by atoms with Gasteiger partial charge in [-0.15, -0.1) is 12.4 Å². The van der Waals surface area contributed by atoms with Gasteiger partial charge >= 0.3 is 0 Å². The van der Waals surface area contributed by atoms with Crippen molar-refractivity contribution in [2.75, 3.05) is 44.5 Å². The molecule has 288 valence electrons. The highest BCUT2D eigenvalue weighted by molar-refractivity contribution is 6.13. The minimum absolute atomic E-state index is 0. The first kappa shape index (κ1) is 37.1. The van der Waals surface area contributed by atoms with Crippen LogP contribution in [-0.2, 0) is 31.8 Å². The van der Waals surface area contributed by atoms with Crippen LogP contribution in [0.15, 0.2) is 91.1 Å². The zero-order valence-electron chi connectivity index (χ0n) is 31.5. The van der Waals surface area contributed by atoms with Crippen LogP contribution in [0.5, 0.6) is 17.2 Å². The van der Waals surface area contributed by atoms with Crippen LogP contribution in [0.2, 0.25) is 0 Å². The SMILES string of the molecule is Cc1c(C(=O)N(c2ccc(O)cc2)c2ccc3c(cnn3C)c2)cc(-c2cc3c(cc2C(=O)N2Cc4ccccc4C[C@H]2CN2CCOCC2)OCO3)n1C.Cl. The van der Waals surface area contributed by atoms with Crippen LogP contribution in [0.3, 0.4) is 0 Å². The number of anilines is 2. The van der Waals surface area contributed by atoms with Gasteiger partial charge in [-0.1, -0.05) is 24.3 Å². The molecule has 6 aromatic rings. The second-order valence-corrected chi connectivity index (χ2v) is 14.5. The Kier molecular flexibility index (Phi) is 9.96. The van der Waals surface area contributed by atoms with E-state index in [1.807, 2.05) is 66.9 Å². The van der Waals surface area contributed by atoms with Crippen molar-refractivity contribution in [1.29, 1.82) is 0 Å². The first-order valence-corrected chi connectivity index (χ1v) is 18.6. The summed E-state index contributed by atoms with van der Waals surface area (Å²) < 4.78 is 21.1. The molecule has 0 spiro atoms. The molecule has 1 N–H and O–H groups in total. The predicted octanol–water partition coefficient (Wildman–Crippen LogP) is 6.62. The van der Waals surface area contributed by atoms with E-state index >= 15 is 4.79 Å². The van der Waals surface area contributed by atoms with Crippen molar-refractivity contribution in [2.45, 2.75) is 25.9 Å². The number of ether oxygens (including phenoxy) is 3. The van der Waals surface area contributed by atoms with Crippen molar-refractivity contribution < 1.29 is 28.9 Å². The number of benzene rings is 4. The fourth-order valence-electron chi connectivity index (χ4n) is 8.13. The van der Waals surface area contributed by atoms with Gasteiger partial charge in [0, 0.05) is 74.3 Å². The van der Waals surface area contributed by atoms with Crippen LogP contribution in [0.1, 0.15) is 37.5 Å². The molecule has 5 heterocycles. The molecule has 0 aliphatic carbocycles. The molecule has 1 atom stereocenters. The van der Waals surface area contributed by atoms with Crippen molar-refractivity contribution in [3.05, 3.63) is 119 Å². The molecule has 4 aromatic carbocycles. The highest BCUT2D eigenvalue weighted by atomic mass is 35.5. The van der Waals surface area contributed by atoms with Gasteiger partial charge < -0.3 is 28.8 Å². The number of nitrogens with zero attached hydrogens (tertiary/aromatic N) is 6. The van der Waals surface area contributed by atoms with Gasteiger partial charge in [0.05, 0.1) is 41.7 Å². The number of fused-ring (bicyclic) bond motifs is 3. The van der Waals surface area contributed by atoms with E-state index in [1.54, 1.807) is 46.1 Å². The zero-order chi connectivity index (χ0) is 37.8. The molecule has 2 amide bonds. The maximum Gasteiger partial charge on any atom is 0.264 e. The average Bonchev–Trinajstić information content (AvgIpc) is 3.91. The van der Waals surface area contributed by atoms with E-state index in [-0.39, 0.29) is 42.8 Å². The van der Waals surface area contributed by atoms with Crippen LogP contribution in [0, 0.1) is 6.92 Å². The van der Waals surface area contributed by atoms with Gasteiger partial charge in [-0.3, -0.25) is 24.1 Å². The van der Waals surface area contributed by atoms with Gasteiger partial charge in [-0.2, -0.15) is 5.10 Å². The van der Waals surface area contributed by atoms with Gasteiger partial charge in [-0.25, -0.2) is 0 Å². The van der Waals surface area contributed by atoms with Gasteiger partial charge in [-0.05, 0) is 85.1 Å². The molecule has 0 saturated carbocycles. The normalized spacial score (nSPS) is 16.4. The number of carbonyl (C=O) groups is 2. The number of halogens is 1. The predicted molar refractivity (Wildman–Crippen MR) is 215 cm³/mol. The zero-order valence-corrected chi connectivity index (χ0v) is 32.3. The molecule has 56 heavy (non-hydrogen) atoms. The molecule has 9 rings (SSSR count). The lowest BCUT2D eigenvalue weighted by molar-refractivity contribution is 0.0193. The van der Waals surface area contributed by atoms with E-state index in [1.165, 1.54) is 5.56 Å². The topological polar surface area (TPSA) is 115 Å². The van der Waals surface area contributed by atoms with Crippen LogP contribution in [0.25, 0.3) is 22.2 Å². The van der Waals surface area contributed by atoms with Crippen molar-refractivity contribution in [2.24, 2.45) is 14.1 Å². The van der Waals surface area contributed by atoms with E-state index in [9.17, 15) is 9.90 Å². The molecule has 0 unspecified atom stereocenters. The maximum atomic E-state index is 15.1. The Morgan fingerprint density at radius 3 is 2.36 bits per heavy atom. The summed E-state index contributed by atoms with van der Waals surface area (Å²) in [6, 6.07) is 26.2. The van der Waals surface area contributed by atoms with Gasteiger partial charge in [0.2, 0.25) is 6.79 Å². The quantitative estimate of drug-likeness (QED) is 0.193. The molecule has 3 aliphatic rings. The summed E-state index contributed by atoms with van der Waals surface area (Å²) in [5.74, 6) is 0.785. The lowest BCUT2D eigenvalue weighted by Gasteiger charge is -2.40. The monoisotopic (exact) mass is 774 g/mol. The first-order chi connectivity index (χ1) is 26.7. The number of phenolic OH excluding ortho intramolecular Hbond substituents is 1. The van der Waals surface area contributed by atoms with Crippen molar-refractivity contribution in [1.82, 2.24) is 24.1 Å². The molecular weight excluding hydrogens is 732 g/mol. The summed E-state index contributed by atoms with van der Waals surface area (Å²) in [5, 5.41) is 15.4. The third-order valence-corrected chi connectivity index (χ3v) is 11.3. The Morgan fingerprint density at radius 1 is 0.875 bits per heavy atom. The number of morpholine rings is 1. The maximum absolute atomic E-state index is 15.1. The van der Waals surface area contributed by atoms with E-state index in [0.29, 0.717) is 65.0 Å². The Hall–Kier alpha value is -5.82. The number of aromatic nitrogens is 3. The molecule has 0 bridgehead atoms. The Morgan fingerprint density at radius 2 is 1.59 bits per heavy atom. The molecule has 1 fully saturated rings. The number of aryl methyl sites for hydroxylation is 1. The fourth-order valence-corrected chi connectivity index (χ4v) is 8.13. The summed E-state index contributed by atoms with van der Waals surface area (Å²) >= 11 is 0. The standard InChI is InChI=1S/C43H42N6O6.ClH/c1-27-35(43(52)49(31-8-11-34(50)12-9-31)32-10-13-38-30(19-32)23-44-46(38)3)20-39(45(27)2)36-21-40-41(55-26-54-40)22-37(36)42(51)48-24-29-7-5-4-6-28(29)18-33(48)25-47-14-16-53-17-15-47;/h4-13,19-23,33,50H,14-18,24-26H2,1-3H3;1H/t33-;/m0./s1. The fraction of sp³-hybridized carbons (Fsp3) is 0.279. The summed E-state index contributed by atoms with van der Waals surface area (Å²) in [6.45, 7) is 6.20. The molecule has 3 aliphatic heterocycles. The third-order valence-electron chi connectivity index (χ3n) is 11.3. The van der Waals surface area contributed by atoms with E-state index in [2.05, 4.69) is 28.2 Å². The Balaban J connectivity index is 0.00000441. The second-order valence-electron chi connectivity index (χ2n) is 14.5. The van der Waals surface area contributed by atoms with Crippen molar-refractivity contribution in [3.63, 3.8) is 0 Å². The largest absolute Gasteiger partial charge is 0.508 e. The Bertz CT molecular complexity index is 2450. The number of rotatable bonds is 7. The minimum atomic E-state index is -0.264. The first-order valence-electron chi connectivity index (χ1n) is 18.6. The molecule has 13 heteroatoms. The Labute approximate surface area is 330 Å². The van der Waals surface area contributed by atoms with Crippen molar-refractivity contribution >= 4 is 46.5 Å². The third kappa shape index (κ3) is 6.63. The number of phenols is 1. The van der Waals surface area contributed by atoms with Gasteiger partial charge in [0.25, 0.3) is 11.8 Å². The number of carbonyl (C=O) groups excluding carboxylic acids is 2. The van der Waals surface area contributed by atoms with Crippen LogP contribution in [0.4, 0.5) is 11.4 Å². The van der Waals surface area contributed by atoms with Crippen LogP contribution < -0.4 is 14.4 Å². The summed E-state index contributed by atoms with van der Waals surface area (Å²) in [7, 11) is 3.79. The summed E-state index contributed by atoms with van der Waals surface area (Å²) in [6.07, 6.45) is 2.52. The molecule has 0 radical (unpaired) electrons. The smallest absolute Gasteiger partial charge is 0.264 e. The number of hydrogen-bond donors (Lipinski definition) is 1. The minimum Gasteiger partial charge on any atom is -0.508 e. The highest BCUT2D eigenvalue weighted by Gasteiger charge is 2.35. The van der Waals surface area contributed by atoms with Crippen LogP contribution in [-0.4, -0.2) is 86.8 Å². The lowest BCUT2D eigenvalue weighted by Crippen LogP contribution is -2.52. The van der Waals surface area contributed by atoms with Crippen LogP contribution >= 0.6 is 12.4 Å². The molecule has 12 nitrogen and oxygen atoms in total. The second kappa shape index (κ2) is 15.0. The summed E-state index contributed by atoms with van der Waals surface area (Å²) in [5.41, 5.74) is 7.58. The number of amides is 2. The highest BCUT2D eigenvalue weighted by Crippen LogP contribution is 2.42. The van der Waals surface area contributed by atoms with E-state index in [0.717, 1.165) is 48.2 Å². The van der Waals surface area contributed by atoms with Gasteiger partial charge in [0.1, 0.15) is 5.75 Å². The number of hydrogen-bond acceptors (Lipinski definition) is 8. The lowest BCUT2D eigenvalue weighted by atomic mass is 9.92. The van der Waals surface area contributed by atoms with E-state index in [4.69, 9.17) is 14.2 Å². The molecule has 1 saturated heterocycles. The number of aromatic hydroxyl groups is 1. The molecular formula is C43H43ClN6O6. The van der Waals surface area contributed by atoms with E-state index < -0.39 is 0 Å². The average molecular weight is 775 g/mol. The molecule has 2 aromatic heterocycles. The summed E-state index contributed by atoms with van der Waals surface area (Å²) in [4.78, 5) is 36.0. The van der Waals surface area contributed by atoms with Gasteiger partial charge in [0.15, 0.2) is 11.5 Å². The van der Waals surface area contributed by atoms with Crippen molar-refractivity contribution in [3.8, 4) is 28.5 Å².